The molecule has 0 saturated heterocycles. The number of aryl methyl sites for hydroxylation is 2. The van der Waals surface area contributed by atoms with Gasteiger partial charge in [0.25, 0.3) is 0 Å². The van der Waals surface area contributed by atoms with E-state index in [4.69, 9.17) is 22.1 Å². The van der Waals surface area contributed by atoms with Crippen LogP contribution < -0.4 is 15.0 Å². The van der Waals surface area contributed by atoms with Crippen molar-refractivity contribution in [2.45, 2.75) is 26.7 Å². The minimum Gasteiger partial charge on any atom is -0.497 e. The Kier molecular flexibility index (Phi) is 8.83. The molecule has 0 spiro atoms. The summed E-state index contributed by atoms with van der Waals surface area (Å²) in [6, 6.07) is 13.5. The lowest BCUT2D eigenvalue weighted by atomic mass is 10.1. The first kappa shape index (κ1) is 22.6. The van der Waals surface area contributed by atoms with Crippen LogP contribution in [0, 0.1) is 13.8 Å². The Balaban J connectivity index is 2.08. The molecular formula is C23H28N2O3S. The number of benzene rings is 2. The van der Waals surface area contributed by atoms with E-state index in [-0.39, 0.29) is 12.5 Å². The molecule has 0 aromatic heterocycles. The molecule has 6 heteroatoms. The Bertz CT molecular complexity index is 863. The number of ether oxygens (including phenoxy) is 1. The van der Waals surface area contributed by atoms with Crippen molar-refractivity contribution >= 4 is 35.0 Å². The summed E-state index contributed by atoms with van der Waals surface area (Å²) >= 11 is 5.52. The first-order valence-electron chi connectivity index (χ1n) is 9.57. The normalized spacial score (nSPS) is 10.8. The SMILES string of the molecule is COc1ccc(C=CC(=O)NC(=S)N(CCCCO)c2ccc(C)cc2C)cc1. The number of nitrogens with zero attached hydrogens (tertiary/aromatic N) is 1. The minimum absolute atomic E-state index is 0.129. The number of aliphatic hydroxyl groups excluding tert-OH is 1. The van der Waals surface area contributed by atoms with E-state index in [1.165, 1.54) is 11.6 Å². The van der Waals surface area contributed by atoms with E-state index in [9.17, 15) is 4.79 Å². The van der Waals surface area contributed by atoms with Crippen molar-refractivity contribution in [3.8, 4) is 5.75 Å². The van der Waals surface area contributed by atoms with Crippen LogP contribution in [0.15, 0.2) is 48.5 Å². The van der Waals surface area contributed by atoms with E-state index >= 15 is 0 Å². The van der Waals surface area contributed by atoms with Gasteiger partial charge in [-0.25, -0.2) is 0 Å². The molecule has 0 bridgehead atoms. The Hall–Kier alpha value is -2.70. The number of nitrogens with one attached hydrogen (secondary N) is 1. The third-order valence-corrected chi connectivity index (χ3v) is 4.77. The molecule has 0 aliphatic rings. The molecule has 2 aromatic rings. The van der Waals surface area contributed by atoms with Gasteiger partial charge >= 0.3 is 0 Å². The summed E-state index contributed by atoms with van der Waals surface area (Å²) in [6.07, 6.45) is 4.63. The zero-order valence-electron chi connectivity index (χ0n) is 17.1. The molecule has 154 valence electrons. The van der Waals surface area contributed by atoms with Crippen LogP contribution in [-0.2, 0) is 4.79 Å². The molecular weight excluding hydrogens is 384 g/mol. The van der Waals surface area contributed by atoms with Crippen molar-refractivity contribution in [2.24, 2.45) is 0 Å². The van der Waals surface area contributed by atoms with Gasteiger partial charge in [0.05, 0.1) is 7.11 Å². The highest BCUT2D eigenvalue weighted by molar-refractivity contribution is 7.80. The fourth-order valence-corrected chi connectivity index (χ4v) is 3.21. The number of anilines is 1. The van der Waals surface area contributed by atoms with Crippen molar-refractivity contribution in [2.75, 3.05) is 25.2 Å². The van der Waals surface area contributed by atoms with E-state index < -0.39 is 0 Å². The van der Waals surface area contributed by atoms with Gasteiger partial charge < -0.3 is 14.7 Å². The Morgan fingerprint density at radius 1 is 1.17 bits per heavy atom. The lowest BCUT2D eigenvalue weighted by Crippen LogP contribution is -2.43. The van der Waals surface area contributed by atoms with E-state index in [1.807, 2.05) is 55.1 Å². The largest absolute Gasteiger partial charge is 0.497 e. The fraction of sp³-hybridized carbons (Fsp3) is 0.304. The van der Waals surface area contributed by atoms with Crippen LogP contribution in [-0.4, -0.2) is 36.4 Å². The number of amides is 1. The van der Waals surface area contributed by atoms with Crippen molar-refractivity contribution in [1.29, 1.82) is 0 Å². The van der Waals surface area contributed by atoms with Crippen molar-refractivity contribution in [3.63, 3.8) is 0 Å². The zero-order chi connectivity index (χ0) is 21.2. The van der Waals surface area contributed by atoms with Gasteiger partial charge in [0.15, 0.2) is 5.11 Å². The molecule has 2 N–H and O–H groups in total. The van der Waals surface area contributed by atoms with Crippen LogP contribution in [0.4, 0.5) is 5.69 Å². The first-order chi connectivity index (χ1) is 13.9. The summed E-state index contributed by atoms with van der Waals surface area (Å²) in [6.45, 7) is 4.81. The van der Waals surface area contributed by atoms with Gasteiger partial charge in [-0.15, -0.1) is 0 Å². The second-order valence-electron chi connectivity index (χ2n) is 6.77. The average Bonchev–Trinajstić information content (AvgIpc) is 2.71. The third kappa shape index (κ3) is 7.00. The molecule has 0 aliphatic carbocycles. The number of hydrogen-bond acceptors (Lipinski definition) is 4. The van der Waals surface area contributed by atoms with Gasteiger partial charge in [-0.2, -0.15) is 0 Å². The number of thiocarbonyl (C=S) groups is 1. The molecule has 2 aromatic carbocycles. The maximum atomic E-state index is 12.4. The molecule has 0 fully saturated rings. The predicted molar refractivity (Wildman–Crippen MR) is 122 cm³/mol. The second-order valence-corrected chi connectivity index (χ2v) is 7.16. The molecule has 29 heavy (non-hydrogen) atoms. The Morgan fingerprint density at radius 2 is 1.90 bits per heavy atom. The Labute approximate surface area is 178 Å². The monoisotopic (exact) mass is 412 g/mol. The minimum atomic E-state index is -0.289. The number of hydrogen-bond donors (Lipinski definition) is 2. The quantitative estimate of drug-likeness (QED) is 0.390. The van der Waals surface area contributed by atoms with Crippen LogP contribution in [0.5, 0.6) is 5.75 Å². The summed E-state index contributed by atoms with van der Waals surface area (Å²) < 4.78 is 5.13. The van der Waals surface area contributed by atoms with Crippen molar-refractivity contribution in [3.05, 3.63) is 65.2 Å². The highest BCUT2D eigenvalue weighted by Gasteiger charge is 2.15. The molecule has 0 unspecified atom stereocenters. The highest BCUT2D eigenvalue weighted by Crippen LogP contribution is 2.22. The van der Waals surface area contributed by atoms with Crippen LogP contribution >= 0.6 is 12.2 Å². The summed E-state index contributed by atoms with van der Waals surface area (Å²) in [5.41, 5.74) is 4.09. The maximum absolute atomic E-state index is 12.4. The molecule has 0 heterocycles. The fourth-order valence-electron chi connectivity index (χ4n) is 2.92. The number of rotatable bonds is 8. The van der Waals surface area contributed by atoms with Crippen molar-refractivity contribution in [1.82, 2.24) is 5.32 Å². The maximum Gasteiger partial charge on any atom is 0.250 e. The number of carbonyl (C=O) groups is 1. The number of aliphatic hydroxyl groups is 1. The second kappa shape index (κ2) is 11.3. The molecule has 5 nitrogen and oxygen atoms in total. The summed E-state index contributed by atoms with van der Waals surface area (Å²) in [5, 5.41) is 12.2. The smallest absolute Gasteiger partial charge is 0.250 e. The molecule has 0 saturated carbocycles. The van der Waals surface area contributed by atoms with Crippen LogP contribution in [0.25, 0.3) is 6.08 Å². The van der Waals surface area contributed by atoms with E-state index in [1.54, 1.807) is 13.2 Å². The van der Waals surface area contributed by atoms with Gasteiger partial charge in [0.1, 0.15) is 5.75 Å². The number of unbranched alkanes of at least 4 members (excludes halogenated alkanes) is 1. The first-order valence-corrected chi connectivity index (χ1v) is 9.98. The lowest BCUT2D eigenvalue weighted by molar-refractivity contribution is -0.115. The van der Waals surface area contributed by atoms with Gasteiger partial charge in [-0.1, -0.05) is 29.8 Å². The lowest BCUT2D eigenvalue weighted by Gasteiger charge is -2.27. The zero-order valence-corrected chi connectivity index (χ0v) is 18.0. The van der Waals surface area contributed by atoms with Crippen LogP contribution in [0.3, 0.4) is 0 Å². The summed E-state index contributed by atoms with van der Waals surface area (Å²) in [5.74, 6) is 0.475. The van der Waals surface area contributed by atoms with Crippen LogP contribution in [0.1, 0.15) is 29.5 Å². The van der Waals surface area contributed by atoms with E-state index in [2.05, 4.69) is 11.4 Å². The highest BCUT2D eigenvalue weighted by atomic mass is 32.1. The van der Waals surface area contributed by atoms with Crippen LogP contribution in [0.2, 0.25) is 0 Å². The number of methoxy groups -OCH3 is 1. The average molecular weight is 413 g/mol. The molecule has 1 amide bonds. The molecule has 2 rings (SSSR count). The summed E-state index contributed by atoms with van der Waals surface area (Å²) in [7, 11) is 1.61. The van der Waals surface area contributed by atoms with Gasteiger partial charge in [-0.05, 0) is 74.3 Å². The van der Waals surface area contributed by atoms with Gasteiger partial charge in [0.2, 0.25) is 5.91 Å². The number of carbonyl (C=O) groups excluding carboxylic acids is 1. The third-order valence-electron chi connectivity index (χ3n) is 4.45. The summed E-state index contributed by atoms with van der Waals surface area (Å²) in [4.78, 5) is 14.3. The Morgan fingerprint density at radius 3 is 2.52 bits per heavy atom. The van der Waals surface area contributed by atoms with Gasteiger partial charge in [0, 0.05) is 24.9 Å². The topological polar surface area (TPSA) is 61.8 Å². The molecule has 0 atom stereocenters. The van der Waals surface area contributed by atoms with Gasteiger partial charge in [-0.3, -0.25) is 10.1 Å². The van der Waals surface area contributed by atoms with E-state index in [0.717, 1.165) is 29.0 Å². The molecule has 0 aliphatic heterocycles. The van der Waals surface area contributed by atoms with E-state index in [0.29, 0.717) is 18.1 Å². The van der Waals surface area contributed by atoms with Crippen molar-refractivity contribution < 1.29 is 14.6 Å². The predicted octanol–water partition coefficient (Wildman–Crippen LogP) is 4.01. The molecule has 0 radical (unpaired) electrons. The standard InChI is InChI=1S/C23H28N2O3S/c1-17-6-12-21(18(2)16-17)25(14-4-5-15-26)23(29)24-22(27)13-9-19-7-10-20(28-3)11-8-19/h6-13,16,26H,4-5,14-15H2,1-3H3,(H,24,27,29).